The number of imide groups is 1. The van der Waals surface area contributed by atoms with Gasteiger partial charge in [-0.1, -0.05) is 59.2 Å². The van der Waals surface area contributed by atoms with Crippen LogP contribution >= 0.6 is 11.6 Å². The second kappa shape index (κ2) is 7.47. The van der Waals surface area contributed by atoms with Crippen molar-refractivity contribution in [3.8, 4) is 5.75 Å². The molecule has 2 aromatic carbocycles. The van der Waals surface area contributed by atoms with Gasteiger partial charge < -0.3 is 10.4 Å². The maximum absolute atomic E-state index is 12.9. The predicted octanol–water partition coefficient (Wildman–Crippen LogP) is 5.74. The smallest absolute Gasteiger partial charge is 0.333 e. The Balaban J connectivity index is 2.09. The Morgan fingerprint density at radius 1 is 0.967 bits per heavy atom. The van der Waals surface area contributed by atoms with Gasteiger partial charge in [0.2, 0.25) is 0 Å². The highest BCUT2D eigenvalue weighted by Crippen LogP contribution is 2.40. The Bertz CT molecular complexity index is 1020. The lowest BCUT2D eigenvalue weighted by Crippen LogP contribution is -2.30. The van der Waals surface area contributed by atoms with Crippen molar-refractivity contribution in [2.45, 2.75) is 52.4 Å². The van der Waals surface area contributed by atoms with E-state index >= 15 is 0 Å². The highest BCUT2D eigenvalue weighted by atomic mass is 35.5. The molecule has 1 saturated heterocycles. The first kappa shape index (κ1) is 21.9. The zero-order valence-electron chi connectivity index (χ0n) is 18.1. The van der Waals surface area contributed by atoms with Crippen LogP contribution in [0.5, 0.6) is 5.75 Å². The van der Waals surface area contributed by atoms with Gasteiger partial charge in [-0.3, -0.25) is 4.79 Å². The van der Waals surface area contributed by atoms with Gasteiger partial charge in [0, 0.05) is 16.1 Å². The summed E-state index contributed by atoms with van der Waals surface area (Å²) >= 11 is 6.01. The van der Waals surface area contributed by atoms with Gasteiger partial charge in [0.15, 0.2) is 0 Å². The third-order valence-electron chi connectivity index (χ3n) is 5.00. The molecule has 6 heteroatoms. The Morgan fingerprint density at radius 3 is 2.03 bits per heavy atom. The van der Waals surface area contributed by atoms with Gasteiger partial charge in [-0.15, -0.1) is 0 Å². The summed E-state index contributed by atoms with van der Waals surface area (Å²) in [5.74, 6) is -0.190. The minimum absolute atomic E-state index is 0.172. The molecule has 2 aromatic rings. The Kier molecular flexibility index (Phi) is 5.46. The molecule has 3 amide bonds. The number of urea groups is 1. The number of hydrogen-bond acceptors (Lipinski definition) is 3. The van der Waals surface area contributed by atoms with E-state index in [4.69, 9.17) is 11.6 Å². The number of carbonyl (C=O) groups excluding carboxylic acids is 2. The fraction of sp³-hybridized carbons (Fsp3) is 0.333. The second-order valence-corrected chi connectivity index (χ2v) is 10.0. The van der Waals surface area contributed by atoms with E-state index < -0.39 is 11.9 Å². The second-order valence-electron chi connectivity index (χ2n) is 9.57. The molecule has 3 rings (SSSR count). The van der Waals surface area contributed by atoms with Crippen LogP contribution in [0.15, 0.2) is 42.1 Å². The molecule has 1 fully saturated rings. The molecule has 0 unspecified atom stereocenters. The molecule has 2 N–H and O–H groups in total. The Morgan fingerprint density at radius 2 is 1.53 bits per heavy atom. The van der Waals surface area contributed by atoms with Crippen molar-refractivity contribution in [1.29, 1.82) is 0 Å². The maximum atomic E-state index is 12.9. The van der Waals surface area contributed by atoms with Crippen molar-refractivity contribution >= 4 is 35.3 Å². The van der Waals surface area contributed by atoms with Crippen molar-refractivity contribution < 1.29 is 14.7 Å². The summed E-state index contributed by atoms with van der Waals surface area (Å²) < 4.78 is 0. The summed E-state index contributed by atoms with van der Waals surface area (Å²) in [4.78, 5) is 26.5. The van der Waals surface area contributed by atoms with Crippen LogP contribution in [0.1, 0.15) is 58.2 Å². The van der Waals surface area contributed by atoms with Gasteiger partial charge in [0.05, 0.1) is 5.69 Å². The van der Waals surface area contributed by atoms with Gasteiger partial charge in [-0.2, -0.15) is 0 Å². The van der Waals surface area contributed by atoms with Gasteiger partial charge in [0.1, 0.15) is 11.4 Å². The number of hydrogen-bond donors (Lipinski definition) is 2. The number of halogens is 1. The largest absolute Gasteiger partial charge is 0.507 e. The van der Waals surface area contributed by atoms with Crippen LogP contribution in [-0.4, -0.2) is 17.0 Å². The third kappa shape index (κ3) is 4.21. The fourth-order valence-electron chi connectivity index (χ4n) is 3.44. The summed E-state index contributed by atoms with van der Waals surface area (Å²) in [5.41, 5.74) is 2.29. The van der Waals surface area contributed by atoms with Crippen LogP contribution in [0.4, 0.5) is 10.5 Å². The Hall–Kier alpha value is -2.79. The molecule has 1 aliphatic heterocycles. The van der Waals surface area contributed by atoms with E-state index in [1.807, 2.05) is 53.7 Å². The van der Waals surface area contributed by atoms with Crippen LogP contribution in [0.3, 0.4) is 0 Å². The van der Waals surface area contributed by atoms with E-state index in [-0.39, 0.29) is 22.3 Å². The van der Waals surface area contributed by atoms with E-state index in [2.05, 4.69) is 5.32 Å². The Labute approximate surface area is 182 Å². The van der Waals surface area contributed by atoms with Gasteiger partial charge >= 0.3 is 6.03 Å². The van der Waals surface area contributed by atoms with Gasteiger partial charge in [-0.05, 0) is 52.8 Å². The molecular formula is C24H27ClN2O3. The van der Waals surface area contributed by atoms with Crippen molar-refractivity contribution in [1.82, 2.24) is 5.32 Å². The van der Waals surface area contributed by atoms with Crippen LogP contribution in [0.2, 0.25) is 5.02 Å². The molecule has 0 spiro atoms. The fourth-order valence-corrected chi connectivity index (χ4v) is 3.62. The quantitative estimate of drug-likeness (QED) is 0.475. The first-order valence-corrected chi connectivity index (χ1v) is 10.2. The van der Waals surface area contributed by atoms with Crippen molar-refractivity contribution in [2.24, 2.45) is 0 Å². The SMILES string of the molecule is CC(C)(C)c1cc(/C=C2/NC(=O)N(c3cccc(Cl)c3)C2=O)cc(C(C)(C)C)c1O. The summed E-state index contributed by atoms with van der Waals surface area (Å²) in [7, 11) is 0. The molecule has 0 atom stereocenters. The summed E-state index contributed by atoms with van der Waals surface area (Å²) in [6.07, 6.45) is 1.65. The minimum atomic E-state index is -0.528. The number of aromatic hydroxyl groups is 1. The topological polar surface area (TPSA) is 69.6 Å². The van der Waals surface area contributed by atoms with Crippen molar-refractivity contribution in [3.05, 3.63) is 63.8 Å². The lowest BCUT2D eigenvalue weighted by Gasteiger charge is -2.28. The molecule has 0 bridgehead atoms. The third-order valence-corrected chi connectivity index (χ3v) is 5.24. The van der Waals surface area contributed by atoms with Crippen LogP contribution in [-0.2, 0) is 15.6 Å². The number of anilines is 1. The van der Waals surface area contributed by atoms with E-state index in [1.54, 1.807) is 30.3 Å². The average molecular weight is 427 g/mol. The number of phenols is 1. The molecule has 1 heterocycles. The molecule has 0 radical (unpaired) electrons. The zero-order valence-corrected chi connectivity index (χ0v) is 18.9. The summed E-state index contributed by atoms with van der Waals surface area (Å²) in [6.45, 7) is 12.1. The lowest BCUT2D eigenvalue weighted by molar-refractivity contribution is -0.113. The summed E-state index contributed by atoms with van der Waals surface area (Å²) in [5, 5.41) is 14.0. The molecule has 5 nitrogen and oxygen atoms in total. The first-order valence-electron chi connectivity index (χ1n) is 9.80. The summed E-state index contributed by atoms with van der Waals surface area (Å²) in [6, 6.07) is 9.78. The molecule has 0 aromatic heterocycles. The van der Waals surface area contributed by atoms with Crippen LogP contribution in [0.25, 0.3) is 6.08 Å². The average Bonchev–Trinajstić information content (AvgIpc) is 2.87. The van der Waals surface area contributed by atoms with E-state index in [0.29, 0.717) is 10.7 Å². The lowest BCUT2D eigenvalue weighted by atomic mass is 9.78. The number of rotatable bonds is 2. The number of phenolic OH excluding ortho intramolecular Hbond substituents is 1. The molecule has 158 valence electrons. The maximum Gasteiger partial charge on any atom is 0.333 e. The van der Waals surface area contributed by atoms with Crippen molar-refractivity contribution in [2.75, 3.05) is 4.90 Å². The minimum Gasteiger partial charge on any atom is -0.507 e. The number of carbonyl (C=O) groups is 2. The standard InChI is InChI=1S/C24H27ClN2O3/c1-23(2,3)17-10-14(11-18(20(17)28)24(4,5)6)12-19-21(29)27(22(30)26-19)16-9-7-8-15(25)13-16/h7-13,28H,1-6H3,(H,26,30)/b19-12+. The monoisotopic (exact) mass is 426 g/mol. The zero-order chi connectivity index (χ0) is 22.4. The number of nitrogens with one attached hydrogen (secondary N) is 1. The van der Waals surface area contributed by atoms with Gasteiger partial charge in [0.25, 0.3) is 5.91 Å². The van der Waals surface area contributed by atoms with Crippen LogP contribution in [0, 0.1) is 0 Å². The molecule has 0 aliphatic carbocycles. The number of amides is 3. The molecule has 0 saturated carbocycles. The number of benzene rings is 2. The number of nitrogens with zero attached hydrogens (tertiary/aromatic N) is 1. The van der Waals surface area contributed by atoms with E-state index in [0.717, 1.165) is 21.6 Å². The molecule has 1 aliphatic rings. The molecule has 30 heavy (non-hydrogen) atoms. The highest BCUT2D eigenvalue weighted by molar-refractivity contribution is 6.32. The molecular weight excluding hydrogens is 400 g/mol. The first-order chi connectivity index (χ1) is 13.8. The highest BCUT2D eigenvalue weighted by Gasteiger charge is 2.35. The van der Waals surface area contributed by atoms with E-state index in [1.165, 1.54) is 0 Å². The van der Waals surface area contributed by atoms with Crippen LogP contribution < -0.4 is 10.2 Å². The van der Waals surface area contributed by atoms with E-state index in [9.17, 15) is 14.7 Å². The predicted molar refractivity (Wildman–Crippen MR) is 121 cm³/mol. The van der Waals surface area contributed by atoms with Crippen molar-refractivity contribution in [3.63, 3.8) is 0 Å². The van der Waals surface area contributed by atoms with Gasteiger partial charge in [-0.25, -0.2) is 9.69 Å². The normalized spacial score (nSPS) is 16.4.